The first-order chi connectivity index (χ1) is 74.7. The number of aryl methyl sites for hydroxylation is 2. The van der Waals surface area contributed by atoms with Gasteiger partial charge in [-0.15, -0.1) is 0 Å². The lowest BCUT2D eigenvalue weighted by atomic mass is 9.82. The van der Waals surface area contributed by atoms with E-state index in [2.05, 4.69) is 108 Å². The molecule has 20 aliphatic rings. The number of allylic oxidation sites excluding steroid dienone is 1. The van der Waals surface area contributed by atoms with Gasteiger partial charge in [-0.2, -0.15) is 35.3 Å². The van der Waals surface area contributed by atoms with Gasteiger partial charge >= 0.3 is 0 Å². The zero-order valence-corrected chi connectivity index (χ0v) is 110. The SMILES string of the molecule is C1CC2CC1C1CNCC21.C1CCCNCC1.C1CCCOCC1.C1CCNCC1.C1CCOC1.C1CCOCC1.C1CCSC1.C1CCSCC1.C1CNCCN1.C1COCCN1.C1COCOC1.C1CSCCN1.C1NCC2CC12.C=C1CCCN1.CC.CC.CC.CC.CC.CC.CC.CC.CC.CC.CC.CC.CC.CC.CC.CC.CC.O=CN1CCNCC1.c1ccc2c(c1)CCCC2.c1ccc2c(c1)OCCO2. The van der Waals surface area contributed by atoms with Crippen molar-refractivity contribution in [3.05, 3.63) is 71.9 Å². The lowest BCUT2D eigenvalue weighted by molar-refractivity contribution is -0.118. The summed E-state index contributed by atoms with van der Waals surface area (Å²) < 4.78 is 40.5. The quantitative estimate of drug-likeness (QED) is 0.120. The number of benzene rings is 2. The van der Waals surface area contributed by atoms with Crippen LogP contribution in [0.25, 0.3) is 0 Å². The van der Waals surface area contributed by atoms with Gasteiger partial charge in [0.25, 0.3) is 0 Å². The lowest BCUT2D eigenvalue weighted by Crippen LogP contribution is -2.42. The normalized spacial score (nSPS) is 21.2. The number of thioether (sulfide) groups is 3. The van der Waals surface area contributed by atoms with Crippen molar-refractivity contribution < 1.29 is 42.7 Å². The third kappa shape index (κ3) is 126. The monoisotopic (exact) mass is 2190 g/mol. The minimum absolute atomic E-state index is 0.500. The minimum Gasteiger partial charge on any atom is -0.486 e. The average Bonchev–Trinajstić information content (AvgIpc) is 1.62. The number of nitrogens with zero attached hydrogens (tertiary/aromatic N) is 1. The Hall–Kier alpha value is -2.50. The number of morpholine rings is 1. The molecule has 3 saturated carbocycles. The van der Waals surface area contributed by atoms with Crippen molar-refractivity contribution in [3.8, 4) is 11.5 Å². The molecule has 23 heteroatoms. The van der Waals surface area contributed by atoms with Gasteiger partial charge in [-0.1, -0.05) is 317 Å². The molecule has 15 saturated heterocycles. The second-order valence-electron chi connectivity index (χ2n) is 32.9. The molecule has 18 fully saturated rings. The van der Waals surface area contributed by atoms with Crippen molar-refractivity contribution in [2.45, 2.75) is 441 Å². The van der Waals surface area contributed by atoms with Gasteiger partial charge in [0.1, 0.15) is 20.0 Å². The fraction of sp³-hybridized carbons (Fsp3) is 0.882. The number of ether oxygens (including phenoxy) is 8. The molecule has 0 spiro atoms. The van der Waals surface area contributed by atoms with E-state index in [1.165, 1.54) is 285 Å². The topological polar surface area (TPSA) is 214 Å². The summed E-state index contributed by atoms with van der Waals surface area (Å²) in [5.74, 6) is 16.6. The highest BCUT2D eigenvalue weighted by atomic mass is 32.2. The molecule has 908 valence electrons. The van der Waals surface area contributed by atoms with Crippen LogP contribution in [0.3, 0.4) is 0 Å². The Bertz CT molecular complexity index is 2090. The van der Waals surface area contributed by atoms with Crippen LogP contribution < -0.4 is 62.6 Å². The Kier molecular flexibility index (Phi) is 194. The summed E-state index contributed by atoms with van der Waals surface area (Å²) in [6.45, 7) is 107. The molecule has 2 aromatic rings. The summed E-state index contributed by atoms with van der Waals surface area (Å²) in [6.07, 6.45) is 45.0. The molecule has 6 atom stereocenters. The van der Waals surface area contributed by atoms with Crippen LogP contribution in [0.4, 0.5) is 0 Å². The van der Waals surface area contributed by atoms with Crippen LogP contribution in [-0.2, 0) is 46.1 Å². The van der Waals surface area contributed by atoms with Gasteiger partial charge in [-0.05, 0) is 301 Å². The molecular weight excluding hydrogens is 1920 g/mol. The maximum Gasteiger partial charge on any atom is 0.209 e. The molecule has 1 amide bonds. The minimum atomic E-state index is 0.500. The first kappa shape index (κ1) is 172. The van der Waals surface area contributed by atoms with Crippen molar-refractivity contribution in [2.75, 3.05) is 258 Å². The van der Waals surface area contributed by atoms with Gasteiger partial charge in [-0.25, -0.2) is 0 Å². The summed E-state index contributed by atoms with van der Waals surface area (Å²) in [4.78, 5) is 11.8. The van der Waals surface area contributed by atoms with E-state index in [0.29, 0.717) is 20.0 Å². The van der Waals surface area contributed by atoms with E-state index in [4.69, 9.17) is 37.9 Å². The van der Waals surface area contributed by atoms with E-state index in [0.717, 1.165) is 198 Å². The number of rotatable bonds is 1. The number of fused-ring (bicyclic) bond motifs is 8. The molecule has 16 aliphatic heterocycles. The van der Waals surface area contributed by atoms with Crippen molar-refractivity contribution in [2.24, 2.45) is 35.5 Å². The number of para-hydroxylation sites is 2. The first-order valence-corrected chi connectivity index (χ1v) is 67.7. The Labute approximate surface area is 954 Å². The average molecular weight is 2190 g/mol. The second-order valence-corrected chi connectivity index (χ2v) is 36.6. The van der Waals surface area contributed by atoms with Crippen LogP contribution in [0.1, 0.15) is 439 Å². The van der Waals surface area contributed by atoms with Gasteiger partial charge in [0, 0.05) is 142 Å². The first-order valence-electron chi connectivity index (χ1n) is 64.3. The molecule has 0 aromatic heterocycles. The largest absolute Gasteiger partial charge is 0.486 e. The van der Waals surface area contributed by atoms with Gasteiger partial charge < -0.3 is 96.0 Å². The molecule has 2 bridgehead atoms. The van der Waals surface area contributed by atoms with E-state index in [-0.39, 0.29) is 0 Å². The van der Waals surface area contributed by atoms with Crippen LogP contribution in [0, 0.1) is 35.5 Å². The number of carbonyl (C=O) groups is 1. The molecular formula is C127H273N11O9S3. The number of nitrogens with one attached hydrogen (secondary N) is 10. The van der Waals surface area contributed by atoms with Crippen molar-refractivity contribution in [1.82, 2.24) is 58.1 Å². The van der Waals surface area contributed by atoms with Crippen molar-refractivity contribution in [1.29, 1.82) is 0 Å². The molecule has 2 aromatic carbocycles. The van der Waals surface area contributed by atoms with E-state index >= 15 is 0 Å². The van der Waals surface area contributed by atoms with E-state index in [1.54, 1.807) is 35.3 Å². The molecule has 20 nitrogen and oxygen atoms in total. The zero-order chi connectivity index (χ0) is 115. The van der Waals surface area contributed by atoms with Crippen molar-refractivity contribution >= 4 is 41.7 Å². The summed E-state index contributed by atoms with van der Waals surface area (Å²) in [6, 6.07) is 16.5. The fourth-order valence-corrected chi connectivity index (χ4v) is 18.9. The summed E-state index contributed by atoms with van der Waals surface area (Å²) in [5, 5.41) is 32.6. The van der Waals surface area contributed by atoms with Gasteiger partial charge in [0.15, 0.2) is 11.5 Å². The number of piperazine rings is 2. The van der Waals surface area contributed by atoms with Gasteiger partial charge in [0.05, 0.1) is 26.4 Å². The molecule has 150 heavy (non-hydrogen) atoms. The number of carbonyl (C=O) groups excluding carboxylic acids is 1. The summed E-state index contributed by atoms with van der Waals surface area (Å²) in [7, 11) is 0. The second kappa shape index (κ2) is 169. The number of hydrogen-bond donors (Lipinski definition) is 10. The number of hydrogen-bond acceptors (Lipinski definition) is 22. The maximum atomic E-state index is 10.1. The van der Waals surface area contributed by atoms with E-state index in [1.807, 2.05) is 271 Å². The number of amides is 1. The van der Waals surface area contributed by atoms with E-state index < -0.39 is 0 Å². The predicted octanol–water partition coefficient (Wildman–Crippen LogP) is 31.3. The third-order valence-corrected chi connectivity index (χ3v) is 26.4. The van der Waals surface area contributed by atoms with Crippen LogP contribution in [0.2, 0.25) is 0 Å². The Balaban J connectivity index is -0.000000133. The van der Waals surface area contributed by atoms with Crippen molar-refractivity contribution in [3.63, 3.8) is 0 Å². The molecule has 6 unspecified atom stereocenters. The molecule has 4 aliphatic carbocycles. The smallest absolute Gasteiger partial charge is 0.209 e. The highest BCUT2D eigenvalue weighted by molar-refractivity contribution is 7.99. The highest BCUT2D eigenvalue weighted by Crippen LogP contribution is 2.53. The van der Waals surface area contributed by atoms with E-state index in [9.17, 15) is 4.79 Å². The zero-order valence-electron chi connectivity index (χ0n) is 107. The predicted molar refractivity (Wildman–Crippen MR) is 686 cm³/mol. The fourth-order valence-electron chi connectivity index (χ4n) is 16.1. The van der Waals surface area contributed by atoms with Crippen LogP contribution in [0.5, 0.6) is 11.5 Å². The third-order valence-electron chi connectivity index (χ3n) is 23.2. The lowest BCUT2D eigenvalue weighted by Gasteiger charge is -2.22. The Morgan fingerprint density at radius 3 is 0.787 bits per heavy atom. The van der Waals surface area contributed by atoms with Crippen LogP contribution >= 0.6 is 35.3 Å². The van der Waals surface area contributed by atoms with Gasteiger partial charge in [-0.3, -0.25) is 4.79 Å². The van der Waals surface area contributed by atoms with Gasteiger partial charge in [0.2, 0.25) is 6.41 Å². The number of piperidine rings is 2. The molecule has 0 radical (unpaired) electrons. The van der Waals surface area contributed by atoms with Crippen LogP contribution in [0.15, 0.2) is 60.8 Å². The molecule has 16 heterocycles. The van der Waals surface area contributed by atoms with Crippen LogP contribution in [-0.4, -0.2) is 269 Å². The Morgan fingerprint density at radius 1 is 0.260 bits per heavy atom. The standard InChI is InChI=1S/C10H12.C9H15N.C8H8O2.C6H13N.C6H12O.C5H10N2O.2C5H9N.C5H11N.C5H10O.C5H10S.C4H10N2.C4H9NO.C4H9NS.C4H8O2.C4H8O.C4H8S.17C2H6/c1-2-6-10-8-4-3-7-9(10)5-1;1-2-7-3-6(1)8-4-10-5-9(7)8;1-2-4-8-7(3-1)9-5-6-10-8;2*1-2-4-6-7-5-3-1;8-5-7-3-1-6-2-4-7;1-4-2-6-3-5(1)4;1-5-3-2-4-6-5;3*1-2-4-6-5-3-1;1-2-6-4-3-5-1;2*1-3-6-4-2-5-1;1-2-5-4-6-3-1;2*1-2-4-5-3-1;17*1-2/h1-2,5-6H,3-4,7-8H2;6-10H,1-5H2;1-4H,5-6H2;7H,1-6H2;1-6H2;5-6H,1-4H2;4-6H,1-3H2;6H,1-4H2;6H,1-5H2;2*1-5H2;5-6H,1-4H2;2*5H,1-4H2;1-4H2;2*1-4H2;17*1-2H3. The molecule has 10 N–H and O–H groups in total. The highest BCUT2D eigenvalue weighted by Gasteiger charge is 2.49. The summed E-state index contributed by atoms with van der Waals surface area (Å²) >= 11 is 6.20. The summed E-state index contributed by atoms with van der Waals surface area (Å²) in [5.41, 5.74) is 4.36. The Morgan fingerprint density at radius 2 is 0.553 bits per heavy atom. The maximum absolute atomic E-state index is 10.1. The molecule has 22 rings (SSSR count).